The first-order valence-corrected chi connectivity index (χ1v) is 12.8. The van der Waals surface area contributed by atoms with E-state index in [1.165, 1.54) is 25.1 Å². The Hall–Kier alpha value is -2.00. The van der Waals surface area contributed by atoms with Gasteiger partial charge in [-0.2, -0.15) is 0 Å². The maximum absolute atomic E-state index is 12.9. The van der Waals surface area contributed by atoms with Gasteiger partial charge in [0.25, 0.3) is 5.91 Å². The predicted octanol–water partition coefficient (Wildman–Crippen LogP) is 5.87. The summed E-state index contributed by atoms with van der Waals surface area (Å²) in [5, 5.41) is 21.7. The third kappa shape index (κ3) is 7.25. The van der Waals surface area contributed by atoms with Crippen LogP contribution in [0.5, 0.6) is 17.2 Å². The van der Waals surface area contributed by atoms with Crippen molar-refractivity contribution in [3.63, 3.8) is 0 Å². The van der Waals surface area contributed by atoms with Crippen molar-refractivity contribution in [3.05, 3.63) is 50.4 Å². The Kier molecular flexibility index (Phi) is 10.1. The van der Waals surface area contributed by atoms with Gasteiger partial charge < -0.3 is 25.0 Å². The second-order valence-electron chi connectivity index (χ2n) is 8.00. The Morgan fingerprint density at radius 3 is 2.32 bits per heavy atom. The van der Waals surface area contributed by atoms with Gasteiger partial charge >= 0.3 is 5.97 Å². The number of rotatable bonds is 10. The van der Waals surface area contributed by atoms with Gasteiger partial charge in [-0.25, -0.2) is 0 Å². The molecule has 2 aromatic carbocycles. The van der Waals surface area contributed by atoms with Crippen molar-refractivity contribution < 1.29 is 33.8 Å². The molecule has 2 atom stereocenters. The fourth-order valence-corrected chi connectivity index (χ4v) is 4.54. The molecular formula is C23H26Br2NO7P. The third-order valence-corrected chi connectivity index (χ3v) is 6.76. The number of ether oxygens (including phenoxy) is 2. The summed E-state index contributed by atoms with van der Waals surface area (Å²) in [6.45, 7) is 7.10. The van der Waals surface area contributed by atoms with Crippen molar-refractivity contribution >= 4 is 52.2 Å². The topological polar surface area (TPSA) is 122 Å². The molecule has 8 nitrogen and oxygen atoms in total. The summed E-state index contributed by atoms with van der Waals surface area (Å²) >= 11 is 6.76. The van der Waals surface area contributed by atoms with E-state index in [0.29, 0.717) is 20.3 Å². The monoisotopic (exact) mass is 617 g/mol. The number of benzene rings is 2. The summed E-state index contributed by atoms with van der Waals surface area (Å²) in [5.41, 5.74) is 0.367. The van der Waals surface area contributed by atoms with Crippen LogP contribution in [-0.2, 0) is 19.4 Å². The highest BCUT2D eigenvalue weighted by molar-refractivity contribution is 9.11. The van der Waals surface area contributed by atoms with E-state index in [4.69, 9.17) is 9.47 Å². The van der Waals surface area contributed by atoms with Gasteiger partial charge in [0.2, 0.25) is 0 Å². The zero-order chi connectivity index (χ0) is 25.6. The number of aliphatic hydroxyl groups is 1. The number of carbonyl (C=O) groups excluding carboxylic acids is 2. The highest BCUT2D eigenvalue weighted by atomic mass is 79.9. The number of hydrogen-bond acceptors (Lipinski definition) is 7. The van der Waals surface area contributed by atoms with Crippen LogP contribution in [0.4, 0.5) is 0 Å². The number of phenolic OH excluding ortho intramolecular Hbond substituents is 1. The standard InChI is InChI=1S/C23H26Br2NO7P/c1-5-32-20(28)11-18(12(2)3)26-22(29)15-10-14(6-7-19(15)27)33-21-16(24)8-13(9-17(21)25)23(4,30)34-31/h6-10,12,18,27,30H,5,11H2,1-4H3,(H,26,29). The molecule has 2 unspecified atom stereocenters. The molecule has 0 spiro atoms. The van der Waals surface area contributed by atoms with Crippen molar-refractivity contribution in [3.8, 4) is 17.2 Å². The van der Waals surface area contributed by atoms with E-state index in [1.807, 2.05) is 13.8 Å². The molecule has 184 valence electrons. The van der Waals surface area contributed by atoms with Crippen LogP contribution in [0, 0.1) is 5.92 Å². The summed E-state index contributed by atoms with van der Waals surface area (Å²) < 4.78 is 23.1. The van der Waals surface area contributed by atoms with Gasteiger partial charge in [0.1, 0.15) is 11.5 Å². The second-order valence-corrected chi connectivity index (χ2v) is 10.8. The molecule has 2 aromatic rings. The first-order chi connectivity index (χ1) is 15.9. The molecule has 0 aliphatic rings. The molecule has 0 heterocycles. The van der Waals surface area contributed by atoms with Gasteiger partial charge in [-0.1, -0.05) is 13.8 Å². The van der Waals surface area contributed by atoms with Crippen LogP contribution in [0.2, 0.25) is 0 Å². The molecule has 0 fully saturated rings. The Morgan fingerprint density at radius 2 is 1.79 bits per heavy atom. The lowest BCUT2D eigenvalue weighted by Crippen LogP contribution is -2.40. The van der Waals surface area contributed by atoms with E-state index >= 15 is 0 Å². The zero-order valence-corrected chi connectivity index (χ0v) is 23.2. The molecule has 0 radical (unpaired) electrons. The fourth-order valence-electron chi connectivity index (χ4n) is 2.96. The van der Waals surface area contributed by atoms with Crippen LogP contribution in [0.3, 0.4) is 0 Å². The maximum Gasteiger partial charge on any atom is 0.307 e. The first kappa shape index (κ1) is 28.2. The quantitative estimate of drug-likeness (QED) is 0.225. The highest BCUT2D eigenvalue weighted by Gasteiger charge is 2.27. The number of hydrogen-bond donors (Lipinski definition) is 3. The van der Waals surface area contributed by atoms with Crippen molar-refractivity contribution in [2.24, 2.45) is 5.92 Å². The van der Waals surface area contributed by atoms with Gasteiger partial charge in [0, 0.05) is 6.04 Å². The smallest absolute Gasteiger partial charge is 0.307 e. The number of halogens is 2. The third-order valence-electron chi connectivity index (χ3n) is 4.97. The van der Waals surface area contributed by atoms with E-state index in [0.717, 1.165) is 0 Å². The SMILES string of the molecule is CCOC(=O)CC(NC(=O)c1cc(Oc2c(Br)cc(C(C)(O)P=O)cc2Br)ccc1O)C(C)C. The van der Waals surface area contributed by atoms with Crippen LogP contribution in [0.15, 0.2) is 39.3 Å². The van der Waals surface area contributed by atoms with E-state index in [9.17, 15) is 24.4 Å². The van der Waals surface area contributed by atoms with E-state index < -0.39 is 31.7 Å². The molecule has 1 amide bonds. The Balaban J connectivity index is 2.29. The second kappa shape index (κ2) is 12.1. The summed E-state index contributed by atoms with van der Waals surface area (Å²) in [5.74, 6) is -0.673. The Bertz CT molecular complexity index is 1050. The fraction of sp³-hybridized carbons (Fsp3) is 0.391. The van der Waals surface area contributed by atoms with E-state index in [1.54, 1.807) is 19.1 Å². The van der Waals surface area contributed by atoms with Crippen molar-refractivity contribution in [1.82, 2.24) is 5.32 Å². The molecular weight excluding hydrogens is 593 g/mol. The average Bonchev–Trinajstić information content (AvgIpc) is 2.76. The molecule has 0 aliphatic carbocycles. The van der Waals surface area contributed by atoms with Gasteiger partial charge in [-0.3, -0.25) is 14.2 Å². The molecule has 0 saturated carbocycles. The van der Waals surface area contributed by atoms with Crippen molar-refractivity contribution in [2.75, 3.05) is 6.61 Å². The lowest BCUT2D eigenvalue weighted by molar-refractivity contribution is -0.143. The molecule has 11 heteroatoms. The summed E-state index contributed by atoms with van der Waals surface area (Å²) in [7, 11) is -0.459. The number of nitrogens with one attached hydrogen (secondary N) is 1. The largest absolute Gasteiger partial charge is 0.507 e. The van der Waals surface area contributed by atoms with E-state index in [-0.39, 0.29) is 36.0 Å². The summed E-state index contributed by atoms with van der Waals surface area (Å²) in [4.78, 5) is 24.8. The lowest BCUT2D eigenvalue weighted by atomic mass is 10.00. The minimum absolute atomic E-state index is 0.00695. The maximum atomic E-state index is 12.9. The average molecular weight is 619 g/mol. The van der Waals surface area contributed by atoms with Gasteiger partial charge in [-0.15, -0.1) is 0 Å². The van der Waals surface area contributed by atoms with Crippen molar-refractivity contribution in [1.29, 1.82) is 0 Å². The molecule has 0 aromatic heterocycles. The molecule has 2 rings (SSSR count). The summed E-state index contributed by atoms with van der Waals surface area (Å²) in [6.07, 6.45) is 0.00695. The number of carbonyl (C=O) groups is 2. The summed E-state index contributed by atoms with van der Waals surface area (Å²) in [6, 6.07) is 6.86. The van der Waals surface area contributed by atoms with Gasteiger partial charge in [0.15, 0.2) is 19.6 Å². The number of phenols is 1. The Morgan fingerprint density at radius 1 is 1.18 bits per heavy atom. The first-order valence-electron chi connectivity index (χ1n) is 10.4. The molecule has 3 N–H and O–H groups in total. The number of amides is 1. The zero-order valence-electron chi connectivity index (χ0n) is 19.1. The molecule has 0 bridgehead atoms. The number of aromatic hydroxyl groups is 1. The Labute approximate surface area is 216 Å². The van der Waals surface area contributed by atoms with Crippen molar-refractivity contribution in [2.45, 2.75) is 45.5 Å². The predicted molar refractivity (Wildman–Crippen MR) is 135 cm³/mol. The molecule has 0 saturated heterocycles. The minimum atomic E-state index is -1.58. The number of esters is 1. The van der Waals surface area contributed by atoms with Crippen LogP contribution in [0.1, 0.15) is 50.0 Å². The minimum Gasteiger partial charge on any atom is -0.507 e. The van der Waals surface area contributed by atoms with Gasteiger partial charge in [0.05, 0.1) is 27.5 Å². The highest BCUT2D eigenvalue weighted by Crippen LogP contribution is 2.42. The van der Waals surface area contributed by atoms with Crippen LogP contribution >= 0.6 is 40.3 Å². The lowest BCUT2D eigenvalue weighted by Gasteiger charge is -2.22. The van der Waals surface area contributed by atoms with Crippen LogP contribution in [-0.4, -0.2) is 34.7 Å². The van der Waals surface area contributed by atoms with Crippen LogP contribution in [0.25, 0.3) is 0 Å². The van der Waals surface area contributed by atoms with Crippen LogP contribution < -0.4 is 10.1 Å². The molecule has 34 heavy (non-hydrogen) atoms. The molecule has 0 aliphatic heterocycles. The normalized spacial score (nSPS) is 13.9. The van der Waals surface area contributed by atoms with E-state index in [2.05, 4.69) is 37.2 Å². The van der Waals surface area contributed by atoms with Gasteiger partial charge in [-0.05, 0) is 87.5 Å².